The number of nitrogens with zero attached hydrogens (tertiary/aromatic N) is 2. The highest BCUT2D eigenvalue weighted by Crippen LogP contribution is 1.96. The molecule has 90 valence electrons. The number of hydrogen-bond acceptors (Lipinski definition) is 5. The van der Waals surface area contributed by atoms with E-state index in [0.717, 1.165) is 0 Å². The fourth-order valence-electron chi connectivity index (χ4n) is 1.12. The van der Waals surface area contributed by atoms with Gasteiger partial charge in [0.15, 0.2) is 0 Å². The number of unbranched alkanes of at least 4 members (excludes halogenated alkanes) is 1. The second kappa shape index (κ2) is 6.51. The lowest BCUT2D eigenvalue weighted by Gasteiger charge is -2.05. The highest BCUT2D eigenvalue weighted by atomic mass is 32.2. The molecule has 0 aliphatic rings. The molecule has 1 heterocycles. The van der Waals surface area contributed by atoms with E-state index in [4.69, 9.17) is 5.73 Å². The van der Waals surface area contributed by atoms with Crippen molar-refractivity contribution in [2.24, 2.45) is 5.73 Å². The van der Waals surface area contributed by atoms with Crippen LogP contribution in [0.4, 0.5) is 0 Å². The summed E-state index contributed by atoms with van der Waals surface area (Å²) in [6.45, 7) is 0.693. The van der Waals surface area contributed by atoms with E-state index in [1.165, 1.54) is 0 Å². The van der Waals surface area contributed by atoms with Gasteiger partial charge < -0.3 is 5.73 Å². The summed E-state index contributed by atoms with van der Waals surface area (Å²) in [6.07, 6.45) is 2.83. The summed E-state index contributed by atoms with van der Waals surface area (Å²) in [5.74, 6) is 0.102. The molecule has 3 N–H and O–H groups in total. The van der Waals surface area contributed by atoms with E-state index < -0.39 is 10.0 Å². The van der Waals surface area contributed by atoms with Crippen molar-refractivity contribution in [2.45, 2.75) is 19.4 Å². The van der Waals surface area contributed by atoms with Gasteiger partial charge in [0.2, 0.25) is 10.0 Å². The van der Waals surface area contributed by atoms with E-state index in [1.54, 1.807) is 18.3 Å². The number of sulfonamides is 1. The number of aromatic nitrogens is 2. The van der Waals surface area contributed by atoms with Gasteiger partial charge in [0.05, 0.1) is 18.0 Å². The smallest absolute Gasteiger partial charge is 0.211 e. The third-order valence-electron chi connectivity index (χ3n) is 1.97. The van der Waals surface area contributed by atoms with Crippen molar-refractivity contribution in [1.82, 2.24) is 14.9 Å². The van der Waals surface area contributed by atoms with E-state index in [9.17, 15) is 8.42 Å². The molecule has 0 amide bonds. The molecule has 0 fully saturated rings. The normalized spacial score (nSPS) is 11.6. The van der Waals surface area contributed by atoms with Crippen LogP contribution in [0.15, 0.2) is 18.3 Å². The van der Waals surface area contributed by atoms with Crippen molar-refractivity contribution >= 4 is 10.0 Å². The highest BCUT2D eigenvalue weighted by molar-refractivity contribution is 7.89. The molecular formula is C9H16N4O2S. The van der Waals surface area contributed by atoms with Crippen molar-refractivity contribution in [1.29, 1.82) is 0 Å². The summed E-state index contributed by atoms with van der Waals surface area (Å²) in [5.41, 5.74) is 5.89. The van der Waals surface area contributed by atoms with Gasteiger partial charge in [-0.3, -0.25) is 0 Å². The minimum absolute atomic E-state index is 0.102. The molecule has 0 spiro atoms. The van der Waals surface area contributed by atoms with Crippen LogP contribution in [0.3, 0.4) is 0 Å². The quantitative estimate of drug-likeness (QED) is 0.638. The third kappa shape index (κ3) is 5.15. The minimum atomic E-state index is -3.23. The van der Waals surface area contributed by atoms with Crippen LogP contribution in [0.25, 0.3) is 0 Å². The lowest BCUT2D eigenvalue weighted by atomic mass is 10.3. The van der Waals surface area contributed by atoms with E-state index in [2.05, 4.69) is 14.9 Å². The summed E-state index contributed by atoms with van der Waals surface area (Å²) >= 11 is 0. The van der Waals surface area contributed by atoms with Crippen molar-refractivity contribution in [3.63, 3.8) is 0 Å². The van der Waals surface area contributed by atoms with Crippen molar-refractivity contribution < 1.29 is 8.42 Å². The first-order valence-corrected chi connectivity index (χ1v) is 6.73. The second-order valence-corrected chi connectivity index (χ2v) is 5.28. The van der Waals surface area contributed by atoms with Crippen LogP contribution in [0.1, 0.15) is 18.5 Å². The average molecular weight is 244 g/mol. The molecule has 1 aromatic heterocycles. The topological polar surface area (TPSA) is 98.0 Å². The molecular weight excluding hydrogens is 228 g/mol. The molecule has 0 atom stereocenters. The van der Waals surface area contributed by atoms with Gasteiger partial charge in [-0.05, 0) is 31.5 Å². The van der Waals surface area contributed by atoms with Crippen LogP contribution in [0.5, 0.6) is 0 Å². The molecule has 0 aliphatic heterocycles. The Kier molecular flexibility index (Phi) is 5.30. The summed E-state index contributed by atoms with van der Waals surface area (Å²) in [6, 6.07) is 3.43. The Morgan fingerprint density at radius 2 is 2.19 bits per heavy atom. The van der Waals surface area contributed by atoms with Crippen LogP contribution in [-0.2, 0) is 16.6 Å². The maximum absolute atomic E-state index is 11.5. The predicted molar refractivity (Wildman–Crippen MR) is 60.9 cm³/mol. The van der Waals surface area contributed by atoms with E-state index in [1.807, 2.05) is 0 Å². The largest absolute Gasteiger partial charge is 0.330 e. The molecule has 0 saturated carbocycles. The summed E-state index contributed by atoms with van der Waals surface area (Å²) in [4.78, 5) is 0. The summed E-state index contributed by atoms with van der Waals surface area (Å²) < 4.78 is 25.4. The Hall–Kier alpha value is -1.05. The van der Waals surface area contributed by atoms with Gasteiger partial charge in [-0.1, -0.05) is 0 Å². The molecule has 0 saturated heterocycles. The maximum Gasteiger partial charge on any atom is 0.211 e. The van der Waals surface area contributed by atoms with Crippen molar-refractivity contribution in [3.8, 4) is 0 Å². The molecule has 0 unspecified atom stereocenters. The zero-order chi connectivity index (χ0) is 11.9. The van der Waals surface area contributed by atoms with Crippen LogP contribution >= 0.6 is 0 Å². The van der Waals surface area contributed by atoms with Gasteiger partial charge in [-0.2, -0.15) is 10.2 Å². The fourth-order valence-corrected chi connectivity index (χ4v) is 2.22. The predicted octanol–water partition coefficient (Wildman–Crippen LogP) is -0.365. The van der Waals surface area contributed by atoms with Gasteiger partial charge in [-0.25, -0.2) is 13.1 Å². The van der Waals surface area contributed by atoms with Crippen LogP contribution in [0, 0.1) is 0 Å². The SMILES string of the molecule is NCCCCS(=O)(=O)NCc1cccnn1. The number of nitrogens with two attached hydrogens (primary N) is 1. The Morgan fingerprint density at radius 1 is 1.38 bits per heavy atom. The lowest BCUT2D eigenvalue weighted by Crippen LogP contribution is -2.26. The lowest BCUT2D eigenvalue weighted by molar-refractivity contribution is 0.576. The molecule has 0 aliphatic carbocycles. The molecule has 1 aromatic rings. The third-order valence-corrected chi connectivity index (χ3v) is 3.38. The highest BCUT2D eigenvalue weighted by Gasteiger charge is 2.09. The van der Waals surface area contributed by atoms with Crippen LogP contribution < -0.4 is 10.5 Å². The number of hydrogen-bond donors (Lipinski definition) is 2. The van der Waals surface area contributed by atoms with E-state index in [0.29, 0.717) is 25.1 Å². The monoisotopic (exact) mass is 244 g/mol. The number of nitrogens with one attached hydrogen (secondary N) is 1. The Morgan fingerprint density at radius 3 is 2.81 bits per heavy atom. The van der Waals surface area contributed by atoms with Gasteiger partial charge in [0, 0.05) is 6.20 Å². The Balaban J connectivity index is 2.36. The Bertz CT molecular complexity index is 393. The summed E-state index contributed by atoms with van der Waals surface area (Å²) in [5, 5.41) is 7.44. The number of rotatable bonds is 7. The average Bonchev–Trinajstić information content (AvgIpc) is 2.28. The zero-order valence-electron chi connectivity index (χ0n) is 8.96. The molecule has 6 nitrogen and oxygen atoms in total. The second-order valence-electron chi connectivity index (χ2n) is 3.35. The van der Waals surface area contributed by atoms with E-state index in [-0.39, 0.29) is 12.3 Å². The first-order chi connectivity index (χ1) is 7.64. The Labute approximate surface area is 95.3 Å². The van der Waals surface area contributed by atoms with Crippen molar-refractivity contribution in [3.05, 3.63) is 24.0 Å². The summed E-state index contributed by atoms with van der Waals surface area (Å²) in [7, 11) is -3.23. The molecule has 7 heteroatoms. The standard InChI is InChI=1S/C9H16N4O2S/c10-5-1-2-7-16(14,15)12-8-9-4-3-6-11-13-9/h3-4,6,12H,1-2,5,7-8,10H2. The fraction of sp³-hybridized carbons (Fsp3) is 0.556. The van der Waals surface area contributed by atoms with E-state index >= 15 is 0 Å². The van der Waals surface area contributed by atoms with Crippen molar-refractivity contribution in [2.75, 3.05) is 12.3 Å². The van der Waals surface area contributed by atoms with Gasteiger partial charge in [0.25, 0.3) is 0 Å². The van der Waals surface area contributed by atoms with Crippen LogP contribution in [-0.4, -0.2) is 30.9 Å². The minimum Gasteiger partial charge on any atom is -0.330 e. The molecule has 1 rings (SSSR count). The van der Waals surface area contributed by atoms with Gasteiger partial charge >= 0.3 is 0 Å². The zero-order valence-corrected chi connectivity index (χ0v) is 9.78. The first-order valence-electron chi connectivity index (χ1n) is 5.08. The molecule has 0 radical (unpaired) electrons. The first kappa shape index (κ1) is 13.0. The van der Waals surface area contributed by atoms with Gasteiger partial charge in [-0.15, -0.1) is 0 Å². The molecule has 0 aromatic carbocycles. The molecule has 0 bridgehead atoms. The maximum atomic E-state index is 11.5. The van der Waals surface area contributed by atoms with Crippen LogP contribution in [0.2, 0.25) is 0 Å². The van der Waals surface area contributed by atoms with Gasteiger partial charge in [0.1, 0.15) is 0 Å². The molecule has 16 heavy (non-hydrogen) atoms.